The van der Waals surface area contributed by atoms with Gasteiger partial charge in [-0.05, 0) is 0 Å². The summed E-state index contributed by atoms with van der Waals surface area (Å²) in [4.78, 5) is 7.57. The van der Waals surface area contributed by atoms with Crippen molar-refractivity contribution in [3.05, 3.63) is 11.1 Å². The van der Waals surface area contributed by atoms with Crippen LogP contribution < -0.4 is 10.2 Å². The fraction of sp³-hybridized carbons (Fsp3) is 0.700. The van der Waals surface area contributed by atoms with E-state index in [4.69, 9.17) is 4.74 Å². The van der Waals surface area contributed by atoms with Gasteiger partial charge >= 0.3 is 0 Å². The summed E-state index contributed by atoms with van der Waals surface area (Å²) in [6.07, 6.45) is 1.80. The van der Waals surface area contributed by atoms with Gasteiger partial charge < -0.3 is 20.1 Å². The minimum Gasteiger partial charge on any atom is -0.382 e. The lowest BCUT2D eigenvalue weighted by atomic mass is 9.96. The molecule has 3 heterocycles. The van der Waals surface area contributed by atoms with Gasteiger partial charge in [-0.15, -0.1) is 0 Å². The highest BCUT2D eigenvalue weighted by molar-refractivity contribution is 7.15. The zero-order valence-corrected chi connectivity index (χ0v) is 9.79. The van der Waals surface area contributed by atoms with Crippen LogP contribution in [-0.4, -0.2) is 49.5 Å². The molecule has 2 saturated heterocycles. The summed E-state index contributed by atoms with van der Waals surface area (Å²) in [6.45, 7) is 4.59. The number of morpholine rings is 1. The zero-order valence-electron chi connectivity index (χ0n) is 8.98. The molecule has 16 heavy (non-hydrogen) atoms. The molecule has 3 rings (SSSR count). The third kappa shape index (κ3) is 1.71. The molecule has 1 aromatic rings. The molecule has 2 aliphatic rings. The predicted octanol–water partition coefficient (Wildman–Crippen LogP) is -0.229. The molecule has 0 radical (unpaired) electrons. The number of anilines is 1. The molecule has 5 nitrogen and oxygen atoms in total. The van der Waals surface area contributed by atoms with Crippen molar-refractivity contribution in [1.82, 2.24) is 10.3 Å². The number of hydrogen-bond acceptors (Lipinski definition) is 6. The molecule has 0 unspecified atom stereocenters. The third-order valence-corrected chi connectivity index (χ3v) is 4.32. The molecule has 2 N–H and O–H groups in total. The standard InChI is InChI=1S/C10H15N3O2S/c14-10(6-11-7-10)8-5-12-9(16-8)13-1-3-15-4-2-13/h5,11,14H,1-4,6-7H2. The number of β-amino-alcohol motifs (C(OH)–C–C–N with tert-alkyl or cyclic N) is 1. The first-order valence-corrected chi connectivity index (χ1v) is 6.32. The summed E-state index contributed by atoms with van der Waals surface area (Å²) in [5.74, 6) is 0. The van der Waals surface area contributed by atoms with E-state index in [-0.39, 0.29) is 0 Å². The topological polar surface area (TPSA) is 57.6 Å². The second-order valence-corrected chi connectivity index (χ2v) is 5.25. The van der Waals surface area contributed by atoms with Crippen molar-refractivity contribution in [1.29, 1.82) is 0 Å². The molecule has 88 valence electrons. The lowest BCUT2D eigenvalue weighted by molar-refractivity contribution is -0.0114. The van der Waals surface area contributed by atoms with Gasteiger partial charge in [-0.3, -0.25) is 0 Å². The van der Waals surface area contributed by atoms with Crippen molar-refractivity contribution in [3.8, 4) is 0 Å². The average molecular weight is 241 g/mol. The van der Waals surface area contributed by atoms with Crippen LogP contribution in [0.1, 0.15) is 4.88 Å². The first-order chi connectivity index (χ1) is 7.78. The van der Waals surface area contributed by atoms with Crippen LogP contribution in [0.2, 0.25) is 0 Å². The van der Waals surface area contributed by atoms with Crippen LogP contribution in [0.4, 0.5) is 5.13 Å². The molecule has 0 bridgehead atoms. The molecule has 0 aromatic carbocycles. The average Bonchev–Trinajstić information content (AvgIpc) is 2.77. The molecular weight excluding hydrogens is 226 g/mol. The number of ether oxygens (including phenoxy) is 1. The van der Waals surface area contributed by atoms with E-state index in [0.717, 1.165) is 36.3 Å². The maximum Gasteiger partial charge on any atom is 0.185 e. The predicted molar refractivity (Wildman–Crippen MR) is 61.9 cm³/mol. The molecule has 0 amide bonds. The SMILES string of the molecule is OC1(c2cnc(N3CCOCC3)s2)CNC1. The van der Waals surface area contributed by atoms with Crippen molar-refractivity contribution in [2.75, 3.05) is 44.3 Å². The largest absolute Gasteiger partial charge is 0.382 e. The maximum absolute atomic E-state index is 10.2. The Morgan fingerprint density at radius 2 is 2.19 bits per heavy atom. The van der Waals surface area contributed by atoms with Gasteiger partial charge in [0.2, 0.25) is 0 Å². The second-order valence-electron chi connectivity index (χ2n) is 4.24. The number of rotatable bonds is 2. The van der Waals surface area contributed by atoms with Crippen molar-refractivity contribution in [2.24, 2.45) is 0 Å². The van der Waals surface area contributed by atoms with Crippen LogP contribution in [0, 0.1) is 0 Å². The normalized spacial score (nSPS) is 24.2. The van der Waals surface area contributed by atoms with Crippen molar-refractivity contribution < 1.29 is 9.84 Å². The Morgan fingerprint density at radius 1 is 1.44 bits per heavy atom. The molecule has 2 fully saturated rings. The molecule has 0 atom stereocenters. The van der Waals surface area contributed by atoms with Crippen LogP contribution in [0.5, 0.6) is 0 Å². The summed E-state index contributed by atoms with van der Waals surface area (Å²) >= 11 is 1.59. The Morgan fingerprint density at radius 3 is 2.81 bits per heavy atom. The number of aromatic nitrogens is 1. The van der Waals surface area contributed by atoms with E-state index in [1.165, 1.54) is 0 Å². The van der Waals surface area contributed by atoms with Gasteiger partial charge in [0.1, 0.15) is 5.60 Å². The minimum atomic E-state index is -0.678. The van der Waals surface area contributed by atoms with E-state index in [1.54, 1.807) is 17.5 Å². The lowest BCUT2D eigenvalue weighted by Gasteiger charge is -2.36. The van der Waals surface area contributed by atoms with Crippen LogP contribution in [0.15, 0.2) is 6.20 Å². The monoisotopic (exact) mass is 241 g/mol. The molecule has 6 heteroatoms. The van der Waals surface area contributed by atoms with E-state index in [2.05, 4.69) is 15.2 Å². The van der Waals surface area contributed by atoms with Gasteiger partial charge in [-0.25, -0.2) is 4.98 Å². The van der Waals surface area contributed by atoms with E-state index in [0.29, 0.717) is 13.1 Å². The molecule has 0 saturated carbocycles. The van der Waals surface area contributed by atoms with Gasteiger partial charge in [0.05, 0.1) is 18.1 Å². The summed E-state index contributed by atoms with van der Waals surface area (Å²) < 4.78 is 5.30. The molecule has 1 aromatic heterocycles. The number of hydrogen-bond donors (Lipinski definition) is 2. The van der Waals surface area contributed by atoms with E-state index < -0.39 is 5.60 Å². The third-order valence-electron chi connectivity index (χ3n) is 3.07. The minimum absolute atomic E-state index is 0.637. The lowest BCUT2D eigenvalue weighted by Crippen LogP contribution is -2.56. The van der Waals surface area contributed by atoms with Crippen LogP contribution in [0.25, 0.3) is 0 Å². The maximum atomic E-state index is 10.2. The van der Waals surface area contributed by atoms with E-state index in [9.17, 15) is 5.11 Å². The molecule has 2 aliphatic heterocycles. The fourth-order valence-electron chi connectivity index (χ4n) is 1.92. The van der Waals surface area contributed by atoms with Gasteiger partial charge in [0.15, 0.2) is 5.13 Å². The Kier molecular flexibility index (Phi) is 2.59. The first-order valence-electron chi connectivity index (χ1n) is 5.50. The Labute approximate surface area is 98.1 Å². The number of nitrogens with zero attached hydrogens (tertiary/aromatic N) is 2. The highest BCUT2D eigenvalue weighted by atomic mass is 32.1. The Bertz CT molecular complexity index is 372. The number of thiazole rings is 1. The summed E-state index contributed by atoms with van der Waals surface area (Å²) in [5.41, 5.74) is -0.678. The number of aliphatic hydroxyl groups is 1. The van der Waals surface area contributed by atoms with E-state index >= 15 is 0 Å². The highest BCUT2D eigenvalue weighted by Gasteiger charge is 2.38. The highest BCUT2D eigenvalue weighted by Crippen LogP contribution is 2.33. The van der Waals surface area contributed by atoms with Gasteiger partial charge in [0, 0.05) is 32.4 Å². The van der Waals surface area contributed by atoms with Crippen molar-refractivity contribution in [3.63, 3.8) is 0 Å². The van der Waals surface area contributed by atoms with Crippen molar-refractivity contribution >= 4 is 16.5 Å². The molecule has 0 spiro atoms. The summed E-state index contributed by atoms with van der Waals surface area (Å²) in [6, 6.07) is 0. The van der Waals surface area contributed by atoms with Gasteiger partial charge in [0.25, 0.3) is 0 Å². The zero-order chi connectivity index (χ0) is 11.0. The number of nitrogens with one attached hydrogen (secondary N) is 1. The quantitative estimate of drug-likeness (QED) is 0.749. The Hall–Kier alpha value is -0.690. The van der Waals surface area contributed by atoms with Crippen molar-refractivity contribution in [2.45, 2.75) is 5.60 Å². The molecule has 0 aliphatic carbocycles. The fourth-order valence-corrected chi connectivity index (χ4v) is 2.97. The van der Waals surface area contributed by atoms with Crippen LogP contribution >= 0.6 is 11.3 Å². The smallest absolute Gasteiger partial charge is 0.185 e. The summed E-state index contributed by atoms with van der Waals surface area (Å²) in [5, 5.41) is 14.2. The van der Waals surface area contributed by atoms with E-state index in [1.807, 2.05) is 0 Å². The van der Waals surface area contributed by atoms with Crippen LogP contribution in [0.3, 0.4) is 0 Å². The summed E-state index contributed by atoms with van der Waals surface area (Å²) in [7, 11) is 0. The van der Waals surface area contributed by atoms with Crippen LogP contribution in [-0.2, 0) is 10.3 Å². The second kappa shape index (κ2) is 3.96. The van der Waals surface area contributed by atoms with Gasteiger partial charge in [-0.1, -0.05) is 11.3 Å². The van der Waals surface area contributed by atoms with Gasteiger partial charge in [-0.2, -0.15) is 0 Å². The Balaban J connectivity index is 1.76. The molecular formula is C10H15N3O2S. The first kappa shape index (κ1) is 10.5.